The van der Waals surface area contributed by atoms with Crippen LogP contribution in [0.1, 0.15) is 0 Å². The number of rotatable bonds is 3. The Morgan fingerprint density at radius 2 is 1.57 bits per heavy atom. The van der Waals surface area contributed by atoms with Crippen LogP contribution in [-0.4, -0.2) is 15.3 Å². The molecular weight excluding hydrogens is 328 g/mol. The second-order valence-electron chi connectivity index (χ2n) is 4.76. The third kappa shape index (κ3) is 4.25. The quantitative estimate of drug-likeness (QED) is 0.682. The summed E-state index contributed by atoms with van der Waals surface area (Å²) in [6, 6.07) is 20.9. The number of hydrogen-bond donors (Lipinski definition) is 2. The van der Waals surface area contributed by atoms with Gasteiger partial charge in [-0.05, 0) is 48.6 Å². The van der Waals surface area contributed by atoms with Crippen LogP contribution in [0.3, 0.4) is 0 Å². The lowest BCUT2D eigenvalue weighted by Gasteiger charge is -2.09. The molecule has 114 valence electrons. The molecule has 0 radical (unpaired) electrons. The number of anilines is 2. The fourth-order valence-corrected chi connectivity index (χ4v) is 2.32. The Kier molecular flexibility index (Phi) is 4.80. The molecule has 1 aromatic heterocycles. The molecule has 4 nitrogen and oxygen atoms in total. The molecule has 2 aromatic carbocycles. The third-order valence-corrected chi connectivity index (χ3v) is 3.53. The number of nitrogens with zero attached hydrogens (tertiary/aromatic N) is 2. The average molecular weight is 341 g/mol. The molecule has 23 heavy (non-hydrogen) atoms. The summed E-state index contributed by atoms with van der Waals surface area (Å²) < 4.78 is 0. The van der Waals surface area contributed by atoms with Crippen LogP contribution in [0, 0.1) is 0 Å². The van der Waals surface area contributed by atoms with Crippen molar-refractivity contribution in [2.45, 2.75) is 0 Å². The van der Waals surface area contributed by atoms with Crippen LogP contribution < -0.4 is 10.6 Å². The molecule has 0 fully saturated rings. The van der Waals surface area contributed by atoms with Gasteiger partial charge >= 0.3 is 0 Å². The van der Waals surface area contributed by atoms with Gasteiger partial charge in [-0.15, -0.1) is 10.2 Å². The van der Waals surface area contributed by atoms with Gasteiger partial charge in [0.2, 0.25) is 0 Å². The van der Waals surface area contributed by atoms with Gasteiger partial charge in [-0.25, -0.2) is 0 Å². The molecule has 0 unspecified atom stereocenters. The van der Waals surface area contributed by atoms with Crippen molar-refractivity contribution in [1.82, 2.24) is 10.2 Å². The predicted octanol–water partition coefficient (Wildman–Crippen LogP) is 4.61. The number of hydrogen-bond acceptors (Lipinski definition) is 3. The molecule has 6 heteroatoms. The van der Waals surface area contributed by atoms with E-state index in [0.29, 0.717) is 16.0 Å². The fourth-order valence-electron chi connectivity index (χ4n) is 1.97. The van der Waals surface area contributed by atoms with Crippen molar-refractivity contribution in [3.05, 3.63) is 71.8 Å². The average Bonchev–Trinajstić information content (AvgIpc) is 2.58. The Balaban J connectivity index is 1.64. The van der Waals surface area contributed by atoms with E-state index >= 15 is 0 Å². The minimum atomic E-state index is 0.439. The van der Waals surface area contributed by atoms with Gasteiger partial charge in [-0.1, -0.05) is 41.9 Å². The van der Waals surface area contributed by atoms with Crippen LogP contribution in [0.4, 0.5) is 11.5 Å². The molecule has 0 amide bonds. The topological polar surface area (TPSA) is 49.8 Å². The first-order valence-corrected chi connectivity index (χ1v) is 7.72. The molecule has 0 aliphatic carbocycles. The monoisotopic (exact) mass is 340 g/mol. The highest BCUT2D eigenvalue weighted by molar-refractivity contribution is 7.80. The maximum Gasteiger partial charge on any atom is 0.176 e. The van der Waals surface area contributed by atoms with Crippen molar-refractivity contribution >= 4 is 40.4 Å². The van der Waals surface area contributed by atoms with Crippen LogP contribution in [0.15, 0.2) is 66.7 Å². The molecule has 0 aliphatic rings. The number of nitrogens with one attached hydrogen (secondary N) is 2. The fraction of sp³-hybridized carbons (Fsp3) is 0. The summed E-state index contributed by atoms with van der Waals surface area (Å²) in [5, 5.41) is 15.5. The van der Waals surface area contributed by atoms with Gasteiger partial charge < -0.3 is 10.6 Å². The van der Waals surface area contributed by atoms with E-state index in [4.69, 9.17) is 23.8 Å². The Bertz CT molecular complexity index is 789. The second kappa shape index (κ2) is 7.17. The van der Waals surface area contributed by atoms with Crippen molar-refractivity contribution in [1.29, 1.82) is 0 Å². The van der Waals surface area contributed by atoms with Gasteiger partial charge in [0.1, 0.15) is 0 Å². The highest BCUT2D eigenvalue weighted by Crippen LogP contribution is 2.17. The van der Waals surface area contributed by atoms with E-state index in [1.54, 1.807) is 12.1 Å². The van der Waals surface area contributed by atoms with Gasteiger partial charge in [-0.3, -0.25) is 0 Å². The van der Waals surface area contributed by atoms with Crippen molar-refractivity contribution in [3.8, 4) is 11.3 Å². The third-order valence-electron chi connectivity index (χ3n) is 3.08. The van der Waals surface area contributed by atoms with Crippen LogP contribution in [0.25, 0.3) is 11.3 Å². The Hall–Kier alpha value is -2.50. The highest BCUT2D eigenvalue weighted by atomic mass is 35.5. The molecule has 3 rings (SSSR count). The Morgan fingerprint density at radius 3 is 2.22 bits per heavy atom. The van der Waals surface area contributed by atoms with Gasteiger partial charge in [0, 0.05) is 16.3 Å². The number of benzene rings is 2. The summed E-state index contributed by atoms with van der Waals surface area (Å²) in [4.78, 5) is 0. The van der Waals surface area contributed by atoms with Gasteiger partial charge in [0.15, 0.2) is 10.9 Å². The Labute approximate surface area is 144 Å². The zero-order chi connectivity index (χ0) is 16.1. The molecule has 0 spiro atoms. The first-order valence-electron chi connectivity index (χ1n) is 6.93. The number of thiocarbonyl (C=S) groups is 1. The lowest BCUT2D eigenvalue weighted by Crippen LogP contribution is -2.19. The smallest absolute Gasteiger partial charge is 0.176 e. The molecule has 0 saturated carbocycles. The number of halogens is 1. The molecule has 0 atom stereocenters. The van der Waals surface area contributed by atoms with Crippen LogP contribution in [0.2, 0.25) is 5.02 Å². The second-order valence-corrected chi connectivity index (χ2v) is 5.60. The zero-order valence-electron chi connectivity index (χ0n) is 12.0. The normalized spacial score (nSPS) is 10.1. The minimum absolute atomic E-state index is 0.439. The van der Waals surface area contributed by atoms with E-state index in [1.807, 2.05) is 54.6 Å². The van der Waals surface area contributed by atoms with E-state index in [1.165, 1.54) is 0 Å². The standard InChI is InChI=1S/C17H13ClN4S/c18-13-6-8-14(9-7-13)19-17(23)20-16-11-10-15(21-22-16)12-4-2-1-3-5-12/h1-11H,(H2,19,20,22,23). The van der Waals surface area contributed by atoms with E-state index in [0.717, 1.165) is 16.9 Å². The van der Waals surface area contributed by atoms with Gasteiger partial charge in [-0.2, -0.15) is 0 Å². The lowest BCUT2D eigenvalue weighted by molar-refractivity contribution is 1.05. The first kappa shape index (κ1) is 15.4. The Morgan fingerprint density at radius 1 is 0.826 bits per heavy atom. The maximum absolute atomic E-state index is 5.85. The zero-order valence-corrected chi connectivity index (χ0v) is 13.6. The van der Waals surface area contributed by atoms with E-state index < -0.39 is 0 Å². The highest BCUT2D eigenvalue weighted by Gasteiger charge is 2.03. The number of aromatic nitrogens is 2. The SMILES string of the molecule is S=C(Nc1ccc(Cl)cc1)Nc1ccc(-c2ccccc2)nn1. The summed E-state index contributed by atoms with van der Waals surface area (Å²) in [5.74, 6) is 0.580. The van der Waals surface area contributed by atoms with Crippen molar-refractivity contribution in [2.24, 2.45) is 0 Å². The summed E-state index contributed by atoms with van der Waals surface area (Å²) in [6.07, 6.45) is 0. The summed E-state index contributed by atoms with van der Waals surface area (Å²) >= 11 is 11.1. The first-order chi connectivity index (χ1) is 11.2. The molecule has 3 aromatic rings. The van der Waals surface area contributed by atoms with E-state index in [2.05, 4.69) is 20.8 Å². The van der Waals surface area contributed by atoms with Crippen molar-refractivity contribution < 1.29 is 0 Å². The van der Waals surface area contributed by atoms with Crippen LogP contribution in [-0.2, 0) is 0 Å². The van der Waals surface area contributed by atoms with Crippen LogP contribution >= 0.6 is 23.8 Å². The molecule has 2 N–H and O–H groups in total. The van der Waals surface area contributed by atoms with Crippen molar-refractivity contribution in [2.75, 3.05) is 10.6 Å². The minimum Gasteiger partial charge on any atom is -0.332 e. The van der Waals surface area contributed by atoms with Crippen molar-refractivity contribution in [3.63, 3.8) is 0 Å². The van der Waals surface area contributed by atoms with Gasteiger partial charge in [0.25, 0.3) is 0 Å². The molecule has 0 bridgehead atoms. The molecular formula is C17H13ClN4S. The van der Waals surface area contributed by atoms with Gasteiger partial charge in [0.05, 0.1) is 5.69 Å². The summed E-state index contributed by atoms with van der Waals surface area (Å²) in [7, 11) is 0. The molecule has 1 heterocycles. The summed E-state index contributed by atoms with van der Waals surface area (Å²) in [6.45, 7) is 0. The largest absolute Gasteiger partial charge is 0.332 e. The molecule has 0 aliphatic heterocycles. The maximum atomic E-state index is 5.85. The molecule has 0 saturated heterocycles. The predicted molar refractivity (Wildman–Crippen MR) is 98.8 cm³/mol. The van der Waals surface area contributed by atoms with E-state index in [-0.39, 0.29) is 0 Å². The van der Waals surface area contributed by atoms with Crippen LogP contribution in [0.5, 0.6) is 0 Å². The van der Waals surface area contributed by atoms with E-state index in [9.17, 15) is 0 Å². The summed E-state index contributed by atoms with van der Waals surface area (Å²) in [5.41, 5.74) is 2.68. The lowest BCUT2D eigenvalue weighted by atomic mass is 10.1.